The molecule has 6 rings (SSSR count). The molecule has 1 aliphatic heterocycles. The molecule has 0 radical (unpaired) electrons. The molecule has 1 unspecified atom stereocenters. The van der Waals surface area contributed by atoms with Crippen LogP contribution in [0, 0.1) is 6.92 Å². The van der Waals surface area contributed by atoms with E-state index >= 15 is 0 Å². The van der Waals surface area contributed by atoms with Crippen LogP contribution >= 0.6 is 0 Å². The summed E-state index contributed by atoms with van der Waals surface area (Å²) < 4.78 is 18.3. The number of fused-ring (bicyclic) bond motifs is 1. The zero-order valence-corrected chi connectivity index (χ0v) is 31.8. The molecule has 1 aromatic heterocycles. The Kier molecular flexibility index (Phi) is 11.9. The Bertz CT molecular complexity index is 2200. The summed E-state index contributed by atoms with van der Waals surface area (Å²) in [6.45, 7) is 10.3. The van der Waals surface area contributed by atoms with Gasteiger partial charge < -0.3 is 24.1 Å². The van der Waals surface area contributed by atoms with E-state index in [0.29, 0.717) is 45.8 Å². The number of ether oxygens (including phenoxy) is 2. The van der Waals surface area contributed by atoms with Gasteiger partial charge in [0.15, 0.2) is 5.43 Å². The lowest BCUT2D eigenvalue weighted by Crippen LogP contribution is -2.34. The van der Waals surface area contributed by atoms with Gasteiger partial charge in [-0.2, -0.15) is 0 Å². The molecule has 54 heavy (non-hydrogen) atoms. The van der Waals surface area contributed by atoms with Crippen LogP contribution in [0.1, 0.15) is 68.2 Å². The number of carbonyl (C=O) groups excluding carboxylic acids is 2. The van der Waals surface area contributed by atoms with Crippen LogP contribution in [0.5, 0.6) is 0 Å². The van der Waals surface area contributed by atoms with E-state index in [4.69, 9.17) is 13.9 Å². The summed E-state index contributed by atoms with van der Waals surface area (Å²) in [5.41, 5.74) is 5.92. The van der Waals surface area contributed by atoms with Crippen molar-refractivity contribution in [3.8, 4) is 11.3 Å². The molecular weight excluding hydrogens is 677 g/mol. The molecule has 278 valence electrons. The largest absolute Gasteiger partial charge is 0.461 e. The van der Waals surface area contributed by atoms with E-state index < -0.39 is 24.0 Å². The number of nitrogens with zero attached hydrogens (tertiary/aromatic N) is 1. The predicted octanol–water partition coefficient (Wildman–Crippen LogP) is 8.65. The molecule has 0 spiro atoms. The highest BCUT2D eigenvalue weighted by Gasteiger charge is 2.40. The van der Waals surface area contributed by atoms with Gasteiger partial charge in [0.25, 0.3) is 0 Å². The Morgan fingerprint density at radius 3 is 1.93 bits per heavy atom. The quantitative estimate of drug-likeness (QED) is 0.121. The van der Waals surface area contributed by atoms with Gasteiger partial charge in [0.05, 0.1) is 28.6 Å². The Balaban J connectivity index is 1.29. The molecule has 1 aliphatic rings. The third-order valence-electron chi connectivity index (χ3n) is 9.97. The van der Waals surface area contributed by atoms with E-state index in [0.717, 1.165) is 18.5 Å². The van der Waals surface area contributed by atoms with Crippen molar-refractivity contribution in [3.05, 3.63) is 164 Å². The van der Waals surface area contributed by atoms with E-state index in [1.165, 1.54) is 11.1 Å². The number of nitrogens with one attached hydrogen (secondary N) is 1. The van der Waals surface area contributed by atoms with Crippen LogP contribution in [0.4, 0.5) is 0 Å². The summed E-state index contributed by atoms with van der Waals surface area (Å²) in [6.07, 6.45) is 0.481. The van der Waals surface area contributed by atoms with Crippen molar-refractivity contribution in [2.24, 2.45) is 0 Å². The average Bonchev–Trinajstić information content (AvgIpc) is 3.16. The molecule has 1 atom stereocenters. The maximum absolute atomic E-state index is 14.2. The van der Waals surface area contributed by atoms with Crippen molar-refractivity contribution < 1.29 is 23.5 Å². The predicted molar refractivity (Wildman–Crippen MR) is 213 cm³/mol. The van der Waals surface area contributed by atoms with Crippen molar-refractivity contribution in [1.29, 1.82) is 0 Å². The summed E-state index contributed by atoms with van der Waals surface area (Å²) in [5, 5.41) is 3.59. The number of allylic oxidation sites excluding steroid dienone is 2. The summed E-state index contributed by atoms with van der Waals surface area (Å²) >= 11 is 0. The van der Waals surface area contributed by atoms with E-state index in [2.05, 4.69) is 58.7 Å². The Hall–Kier alpha value is -5.73. The number of benzene rings is 4. The highest BCUT2D eigenvalue weighted by atomic mass is 16.5. The Labute approximate surface area is 317 Å². The second kappa shape index (κ2) is 16.9. The fourth-order valence-corrected chi connectivity index (χ4v) is 7.28. The number of rotatable bonds is 13. The van der Waals surface area contributed by atoms with Crippen LogP contribution < -0.4 is 10.7 Å². The molecule has 8 nitrogen and oxygen atoms in total. The summed E-state index contributed by atoms with van der Waals surface area (Å²) in [4.78, 5) is 44.1. The van der Waals surface area contributed by atoms with Crippen LogP contribution in [0.2, 0.25) is 0 Å². The Morgan fingerprint density at radius 1 is 0.759 bits per heavy atom. The van der Waals surface area contributed by atoms with Gasteiger partial charge in [-0.25, -0.2) is 9.59 Å². The lowest BCUT2D eigenvalue weighted by molar-refractivity contribution is -0.143. The van der Waals surface area contributed by atoms with Crippen LogP contribution in [-0.2, 0) is 19.1 Å². The molecule has 2 heterocycles. The van der Waals surface area contributed by atoms with Crippen LogP contribution in [-0.4, -0.2) is 49.7 Å². The number of carbonyl (C=O) groups is 2. The van der Waals surface area contributed by atoms with Gasteiger partial charge in [0.1, 0.15) is 18.0 Å². The minimum absolute atomic E-state index is 0.136. The summed E-state index contributed by atoms with van der Waals surface area (Å²) in [6, 6.07) is 35.7. The fraction of sp³-hybridized carbons (Fsp3) is 0.283. The number of hydrogen-bond acceptors (Lipinski definition) is 8. The van der Waals surface area contributed by atoms with Gasteiger partial charge in [-0.1, -0.05) is 103 Å². The fourth-order valence-electron chi connectivity index (χ4n) is 7.28. The van der Waals surface area contributed by atoms with E-state index in [-0.39, 0.29) is 29.1 Å². The van der Waals surface area contributed by atoms with Crippen LogP contribution in [0.3, 0.4) is 0 Å². The number of para-hydroxylation sites is 1. The zero-order chi connectivity index (χ0) is 38.4. The highest BCUT2D eigenvalue weighted by molar-refractivity contribution is 6.01. The normalized spacial score (nSPS) is 14.6. The van der Waals surface area contributed by atoms with Gasteiger partial charge in [-0.3, -0.25) is 4.79 Å². The molecule has 0 saturated heterocycles. The molecule has 0 fully saturated rings. The zero-order valence-electron chi connectivity index (χ0n) is 31.8. The molecule has 5 aromatic rings. The van der Waals surface area contributed by atoms with Crippen LogP contribution in [0.25, 0.3) is 22.3 Å². The molecule has 0 saturated carbocycles. The van der Waals surface area contributed by atoms with E-state index in [9.17, 15) is 14.4 Å². The van der Waals surface area contributed by atoms with Crippen LogP contribution in [0.15, 0.2) is 141 Å². The molecule has 1 N–H and O–H groups in total. The minimum Gasteiger partial charge on any atom is -0.461 e. The number of dihydropyridines is 1. The van der Waals surface area contributed by atoms with Crippen molar-refractivity contribution in [1.82, 2.24) is 10.2 Å². The molecule has 0 bridgehead atoms. The van der Waals surface area contributed by atoms with E-state index in [1.807, 2.05) is 49.5 Å². The molecule has 0 aliphatic carbocycles. The number of likely N-dealkylation sites (N-methyl/N-ethyl adjacent to an activating group) is 1. The molecule has 8 heteroatoms. The first-order valence-electron chi connectivity index (χ1n) is 18.5. The smallest absolute Gasteiger partial charge is 0.337 e. The molecule has 0 amide bonds. The maximum Gasteiger partial charge on any atom is 0.337 e. The third-order valence-corrected chi connectivity index (χ3v) is 9.97. The van der Waals surface area contributed by atoms with E-state index in [1.54, 1.807) is 52.8 Å². The standard InChI is InChI=1S/C46H48N2O6/c1-29(2)53-46(51)40-32(5)47-31(4)39(41(40)37-23-16-24-38-42(49)30(3)43(54-44(37)38)35-21-14-9-15-22-35)45(50)52-28-27-48(6)26-25-36(33-17-10-7-11-18-33)34-19-12-8-13-20-34/h7-24,29,36,41,47H,25-28H2,1-6H3. The Morgan fingerprint density at radius 2 is 1.33 bits per heavy atom. The lowest BCUT2D eigenvalue weighted by atomic mass is 9.79. The van der Waals surface area contributed by atoms with Crippen molar-refractivity contribution in [2.75, 3.05) is 26.7 Å². The first-order chi connectivity index (χ1) is 26.0. The third kappa shape index (κ3) is 8.24. The van der Waals surface area contributed by atoms with Gasteiger partial charge in [-0.05, 0) is 71.8 Å². The van der Waals surface area contributed by atoms with Gasteiger partial charge in [0, 0.05) is 40.5 Å². The van der Waals surface area contributed by atoms with Crippen molar-refractivity contribution >= 4 is 22.9 Å². The number of esters is 2. The van der Waals surface area contributed by atoms with Crippen molar-refractivity contribution in [2.45, 2.75) is 59.0 Å². The topological polar surface area (TPSA) is 98.1 Å². The summed E-state index contributed by atoms with van der Waals surface area (Å²) in [5.74, 6) is -1.42. The summed E-state index contributed by atoms with van der Waals surface area (Å²) in [7, 11) is 2.02. The second-order valence-corrected chi connectivity index (χ2v) is 14.2. The lowest BCUT2D eigenvalue weighted by Gasteiger charge is -2.31. The highest BCUT2D eigenvalue weighted by Crippen LogP contribution is 2.42. The first-order valence-corrected chi connectivity index (χ1v) is 18.5. The van der Waals surface area contributed by atoms with Gasteiger partial charge in [-0.15, -0.1) is 0 Å². The maximum atomic E-state index is 14.2. The molecule has 4 aromatic carbocycles. The monoisotopic (exact) mass is 724 g/mol. The molecular formula is C46H48N2O6. The number of hydrogen-bond donors (Lipinski definition) is 1. The average molecular weight is 725 g/mol. The first kappa shape index (κ1) is 38.0. The minimum atomic E-state index is -0.932. The van der Waals surface area contributed by atoms with Gasteiger partial charge in [0.2, 0.25) is 0 Å². The SMILES string of the molecule is CC1=C(C(=O)OCCN(C)CCC(c2ccccc2)c2ccccc2)C(c2cccc3c(=O)c(C)c(-c4ccccc4)oc23)C(C(=O)OC(C)C)=C(C)N1. The second-order valence-electron chi connectivity index (χ2n) is 14.2. The van der Waals surface area contributed by atoms with Gasteiger partial charge >= 0.3 is 11.9 Å². The van der Waals surface area contributed by atoms with Crippen molar-refractivity contribution in [3.63, 3.8) is 0 Å².